The van der Waals surface area contributed by atoms with Crippen molar-refractivity contribution >= 4 is 21.7 Å². The van der Waals surface area contributed by atoms with Crippen LogP contribution in [0.15, 0.2) is 22.7 Å². The van der Waals surface area contributed by atoms with Crippen LogP contribution in [0.3, 0.4) is 0 Å². The Kier molecular flexibility index (Phi) is 6.01. The van der Waals surface area contributed by atoms with E-state index in [0.29, 0.717) is 19.4 Å². The molecule has 0 heterocycles. The lowest BCUT2D eigenvalue weighted by Crippen LogP contribution is -2.37. The molecule has 0 aliphatic heterocycles. The first kappa shape index (κ1) is 16.2. The van der Waals surface area contributed by atoms with Gasteiger partial charge >= 0.3 is 0 Å². The first-order valence-corrected chi connectivity index (χ1v) is 7.20. The van der Waals surface area contributed by atoms with E-state index in [1.165, 1.54) is 0 Å². The van der Waals surface area contributed by atoms with Gasteiger partial charge in [-0.25, -0.2) is 0 Å². The number of benzene rings is 1. The molecule has 0 bridgehead atoms. The average molecular weight is 328 g/mol. The molecular weight excluding hydrogens is 306 g/mol. The summed E-state index contributed by atoms with van der Waals surface area (Å²) >= 11 is 3.41. The first-order chi connectivity index (χ1) is 8.81. The highest BCUT2D eigenvalue weighted by Gasteiger charge is 2.12. The molecule has 0 unspecified atom stereocenters. The van der Waals surface area contributed by atoms with Gasteiger partial charge < -0.3 is 10.1 Å². The van der Waals surface area contributed by atoms with E-state index in [9.17, 15) is 4.79 Å². The van der Waals surface area contributed by atoms with Crippen LogP contribution in [0.1, 0.15) is 32.8 Å². The summed E-state index contributed by atoms with van der Waals surface area (Å²) in [5.41, 5.74) is 0.978. The molecule has 4 heteroatoms. The second kappa shape index (κ2) is 7.06. The average Bonchev–Trinajstić information content (AvgIpc) is 2.27. The normalized spacial score (nSPS) is 11.4. The topological polar surface area (TPSA) is 38.3 Å². The quantitative estimate of drug-likeness (QED) is 0.870. The largest absolute Gasteiger partial charge is 0.496 e. The Balaban J connectivity index is 2.55. The number of carbonyl (C=O) groups excluding carboxylic acids is 1. The van der Waals surface area contributed by atoms with Crippen molar-refractivity contribution in [2.24, 2.45) is 0 Å². The number of hydrogen-bond donors (Lipinski definition) is 1. The fourth-order valence-corrected chi connectivity index (χ4v) is 2.17. The summed E-state index contributed by atoms with van der Waals surface area (Å²) in [5, 5.41) is 3.32. The Hall–Kier alpha value is -0.870. The van der Waals surface area contributed by atoms with Crippen molar-refractivity contribution in [2.45, 2.75) is 39.2 Å². The van der Waals surface area contributed by atoms with Gasteiger partial charge in [-0.1, -0.05) is 15.9 Å². The molecule has 0 atom stereocenters. The molecule has 1 aromatic rings. The molecule has 106 valence electrons. The maximum atomic E-state index is 12.0. The lowest BCUT2D eigenvalue weighted by molar-refractivity contribution is -0.118. The van der Waals surface area contributed by atoms with Crippen LogP contribution < -0.4 is 10.1 Å². The lowest BCUT2D eigenvalue weighted by Gasteiger charge is -2.20. The van der Waals surface area contributed by atoms with Crippen LogP contribution >= 0.6 is 15.9 Å². The summed E-state index contributed by atoms with van der Waals surface area (Å²) < 4.78 is 6.23. The van der Waals surface area contributed by atoms with Gasteiger partial charge in [0, 0.05) is 35.0 Å². The van der Waals surface area contributed by atoms with Gasteiger partial charge in [-0.3, -0.25) is 4.79 Å². The smallest absolute Gasteiger partial charge is 0.138 e. The van der Waals surface area contributed by atoms with Crippen molar-refractivity contribution in [2.75, 3.05) is 13.7 Å². The Labute approximate surface area is 123 Å². The molecule has 0 aromatic heterocycles. The summed E-state index contributed by atoms with van der Waals surface area (Å²) in [7, 11) is 1.62. The number of rotatable bonds is 6. The van der Waals surface area contributed by atoms with Gasteiger partial charge in [-0.2, -0.15) is 0 Å². The molecule has 1 aromatic carbocycles. The molecular formula is C15H22BrNO2. The lowest BCUT2D eigenvalue weighted by atomic mass is 10.0. The predicted octanol–water partition coefficient (Wildman–Crippen LogP) is 3.35. The van der Waals surface area contributed by atoms with E-state index in [0.717, 1.165) is 15.8 Å². The van der Waals surface area contributed by atoms with Gasteiger partial charge in [-0.05, 0) is 39.0 Å². The van der Waals surface area contributed by atoms with Crippen LogP contribution in [0.2, 0.25) is 0 Å². The monoisotopic (exact) mass is 327 g/mol. The van der Waals surface area contributed by atoms with Crippen molar-refractivity contribution in [3.63, 3.8) is 0 Å². The fourth-order valence-electron chi connectivity index (χ4n) is 1.76. The number of nitrogens with one attached hydrogen (secondary N) is 1. The fraction of sp³-hybridized carbons (Fsp3) is 0.533. The summed E-state index contributed by atoms with van der Waals surface area (Å²) in [6, 6.07) is 5.72. The van der Waals surface area contributed by atoms with Gasteiger partial charge in [0.15, 0.2) is 0 Å². The number of ether oxygens (including phenoxy) is 1. The molecule has 0 radical (unpaired) electrons. The molecule has 0 spiro atoms. The minimum Gasteiger partial charge on any atom is -0.496 e. The Morgan fingerprint density at radius 3 is 2.63 bits per heavy atom. The van der Waals surface area contributed by atoms with Crippen molar-refractivity contribution in [3.8, 4) is 5.75 Å². The number of ketones is 1. The summed E-state index contributed by atoms with van der Waals surface area (Å²) in [6.45, 7) is 6.98. The Bertz CT molecular complexity index is 438. The minimum atomic E-state index is 0.0494. The molecule has 0 aliphatic carbocycles. The van der Waals surface area contributed by atoms with Gasteiger partial charge in [-0.15, -0.1) is 0 Å². The van der Waals surface area contributed by atoms with Crippen LogP contribution in [0.25, 0.3) is 0 Å². The molecule has 3 nitrogen and oxygen atoms in total. The first-order valence-electron chi connectivity index (χ1n) is 6.41. The third kappa shape index (κ3) is 6.21. The van der Waals surface area contributed by atoms with Gasteiger partial charge in [0.05, 0.1) is 7.11 Å². The molecule has 0 amide bonds. The van der Waals surface area contributed by atoms with Crippen LogP contribution in [-0.4, -0.2) is 25.0 Å². The summed E-state index contributed by atoms with van der Waals surface area (Å²) in [4.78, 5) is 12.0. The maximum absolute atomic E-state index is 12.0. The summed E-state index contributed by atoms with van der Waals surface area (Å²) in [5.74, 6) is 0.980. The zero-order valence-electron chi connectivity index (χ0n) is 12.0. The second-order valence-corrected chi connectivity index (χ2v) is 6.51. The third-order valence-corrected chi connectivity index (χ3v) is 3.18. The maximum Gasteiger partial charge on any atom is 0.138 e. The Morgan fingerprint density at radius 1 is 1.37 bits per heavy atom. The molecule has 0 saturated heterocycles. The van der Waals surface area contributed by atoms with E-state index < -0.39 is 0 Å². The van der Waals surface area contributed by atoms with Crippen molar-refractivity contribution < 1.29 is 9.53 Å². The predicted molar refractivity (Wildman–Crippen MR) is 81.8 cm³/mol. The van der Waals surface area contributed by atoms with Gasteiger partial charge in [0.2, 0.25) is 0 Å². The zero-order chi connectivity index (χ0) is 14.5. The number of Topliss-reactive ketones (excluding diaryl/α,β-unsaturated/α-hetero) is 1. The van der Waals surface area contributed by atoms with Gasteiger partial charge in [0.25, 0.3) is 0 Å². The molecule has 0 saturated carbocycles. The van der Waals surface area contributed by atoms with E-state index in [2.05, 4.69) is 42.0 Å². The standard InChI is InChI=1S/C15H22BrNO2/c1-15(2,3)17-8-7-13(18)10-11-9-12(16)5-6-14(11)19-4/h5-6,9,17H,7-8,10H2,1-4H3. The molecule has 0 fully saturated rings. The highest BCUT2D eigenvalue weighted by Crippen LogP contribution is 2.23. The van der Waals surface area contributed by atoms with Crippen molar-refractivity contribution in [3.05, 3.63) is 28.2 Å². The van der Waals surface area contributed by atoms with Crippen LogP contribution in [-0.2, 0) is 11.2 Å². The number of methoxy groups -OCH3 is 1. The molecule has 19 heavy (non-hydrogen) atoms. The van der Waals surface area contributed by atoms with Crippen LogP contribution in [0, 0.1) is 0 Å². The van der Waals surface area contributed by atoms with E-state index in [4.69, 9.17) is 4.74 Å². The van der Waals surface area contributed by atoms with Crippen molar-refractivity contribution in [1.29, 1.82) is 0 Å². The SMILES string of the molecule is COc1ccc(Br)cc1CC(=O)CCNC(C)(C)C. The number of hydrogen-bond acceptors (Lipinski definition) is 3. The number of carbonyl (C=O) groups is 1. The van der Waals surface area contributed by atoms with Crippen LogP contribution in [0.4, 0.5) is 0 Å². The van der Waals surface area contributed by atoms with E-state index in [1.54, 1.807) is 7.11 Å². The number of halogens is 1. The second-order valence-electron chi connectivity index (χ2n) is 5.60. The highest BCUT2D eigenvalue weighted by atomic mass is 79.9. The van der Waals surface area contributed by atoms with E-state index in [-0.39, 0.29) is 11.3 Å². The minimum absolute atomic E-state index is 0.0494. The zero-order valence-corrected chi connectivity index (χ0v) is 13.6. The molecule has 1 N–H and O–H groups in total. The Morgan fingerprint density at radius 2 is 2.05 bits per heavy atom. The van der Waals surface area contributed by atoms with Crippen LogP contribution in [0.5, 0.6) is 5.75 Å². The molecule has 1 rings (SSSR count). The van der Waals surface area contributed by atoms with Gasteiger partial charge in [0.1, 0.15) is 11.5 Å². The van der Waals surface area contributed by atoms with Crippen molar-refractivity contribution in [1.82, 2.24) is 5.32 Å². The third-order valence-electron chi connectivity index (χ3n) is 2.69. The van der Waals surface area contributed by atoms with E-state index in [1.807, 2.05) is 18.2 Å². The molecule has 0 aliphatic rings. The summed E-state index contributed by atoms with van der Waals surface area (Å²) in [6.07, 6.45) is 0.946. The van der Waals surface area contributed by atoms with E-state index >= 15 is 0 Å². The highest BCUT2D eigenvalue weighted by molar-refractivity contribution is 9.10.